The minimum Gasteiger partial charge on any atom is -0.343 e. The van der Waals surface area contributed by atoms with Crippen molar-refractivity contribution in [2.24, 2.45) is 7.05 Å². The summed E-state index contributed by atoms with van der Waals surface area (Å²) >= 11 is 0. The average Bonchev–Trinajstić information content (AvgIpc) is 2.74. The number of hydrogen-bond donors (Lipinski definition) is 1. The molecule has 0 aliphatic carbocycles. The van der Waals surface area contributed by atoms with Crippen LogP contribution in [0.15, 0.2) is 6.07 Å². The van der Waals surface area contributed by atoms with Crippen LogP contribution < -0.4 is 5.32 Å². The number of rotatable bonds is 5. The van der Waals surface area contributed by atoms with Crippen LogP contribution in [0.3, 0.4) is 0 Å². The Balaban J connectivity index is 2.25. The lowest BCUT2D eigenvalue weighted by Gasteiger charge is -2.38. The third-order valence-corrected chi connectivity index (χ3v) is 3.97. The topological polar surface area (TPSA) is 67.2 Å². The zero-order valence-electron chi connectivity index (χ0n) is 13.2. The fourth-order valence-corrected chi connectivity index (χ4v) is 2.89. The van der Waals surface area contributed by atoms with Gasteiger partial charge in [-0.1, -0.05) is 20.3 Å². The molecule has 1 fully saturated rings. The van der Waals surface area contributed by atoms with Crippen LogP contribution in [-0.2, 0) is 23.2 Å². The third-order valence-electron chi connectivity index (χ3n) is 3.97. The summed E-state index contributed by atoms with van der Waals surface area (Å²) in [6.07, 6.45) is 2.17. The molecule has 2 unspecified atom stereocenters. The fraction of sp³-hybridized carbons (Fsp3) is 0.667. The minimum absolute atomic E-state index is 0.0159. The smallest absolute Gasteiger partial charge is 0.246 e. The van der Waals surface area contributed by atoms with Gasteiger partial charge in [-0.2, -0.15) is 5.10 Å². The number of aromatic nitrogens is 2. The van der Waals surface area contributed by atoms with Gasteiger partial charge < -0.3 is 10.2 Å². The Hall–Kier alpha value is -1.85. The van der Waals surface area contributed by atoms with Gasteiger partial charge in [-0.05, 0) is 25.8 Å². The SMILES string of the molecule is CCCC1NC(=O)C(CC)N(Cc2cc(C)nn2C)C1=O. The number of aryl methyl sites for hydroxylation is 2. The molecule has 6 nitrogen and oxygen atoms in total. The predicted molar refractivity (Wildman–Crippen MR) is 79.4 cm³/mol. The lowest BCUT2D eigenvalue weighted by atomic mass is 10.0. The normalized spacial score (nSPS) is 22.6. The number of nitrogens with zero attached hydrogens (tertiary/aromatic N) is 3. The molecule has 116 valence electrons. The predicted octanol–water partition coefficient (Wildman–Crippen LogP) is 1.13. The van der Waals surface area contributed by atoms with Crippen LogP contribution in [0.4, 0.5) is 0 Å². The first kappa shape index (κ1) is 15.5. The van der Waals surface area contributed by atoms with E-state index in [1.807, 2.05) is 33.9 Å². The second-order valence-corrected chi connectivity index (χ2v) is 5.64. The van der Waals surface area contributed by atoms with E-state index in [-0.39, 0.29) is 23.9 Å². The Kier molecular flexibility index (Phi) is 4.65. The number of nitrogens with one attached hydrogen (secondary N) is 1. The number of hydrogen-bond acceptors (Lipinski definition) is 3. The van der Waals surface area contributed by atoms with Crippen LogP contribution >= 0.6 is 0 Å². The molecule has 1 aromatic heterocycles. The van der Waals surface area contributed by atoms with Gasteiger partial charge in [0.05, 0.1) is 17.9 Å². The van der Waals surface area contributed by atoms with Gasteiger partial charge >= 0.3 is 0 Å². The highest BCUT2D eigenvalue weighted by Gasteiger charge is 2.39. The van der Waals surface area contributed by atoms with Gasteiger partial charge in [-0.25, -0.2) is 0 Å². The molecule has 1 saturated heterocycles. The van der Waals surface area contributed by atoms with Gasteiger partial charge in [-0.15, -0.1) is 0 Å². The Bertz CT molecular complexity index is 538. The Morgan fingerprint density at radius 1 is 1.33 bits per heavy atom. The third kappa shape index (κ3) is 3.09. The lowest BCUT2D eigenvalue weighted by Crippen LogP contribution is -2.62. The quantitative estimate of drug-likeness (QED) is 0.885. The van der Waals surface area contributed by atoms with Crippen molar-refractivity contribution in [1.29, 1.82) is 0 Å². The van der Waals surface area contributed by atoms with Gasteiger partial charge in [-0.3, -0.25) is 14.3 Å². The molecule has 2 atom stereocenters. The molecule has 1 aliphatic heterocycles. The van der Waals surface area contributed by atoms with Crippen molar-refractivity contribution in [2.75, 3.05) is 0 Å². The van der Waals surface area contributed by atoms with E-state index in [2.05, 4.69) is 10.4 Å². The molecule has 0 bridgehead atoms. The number of amides is 2. The minimum atomic E-state index is -0.389. The first-order chi connectivity index (χ1) is 9.97. The summed E-state index contributed by atoms with van der Waals surface area (Å²) < 4.78 is 1.77. The van der Waals surface area contributed by atoms with Gasteiger partial charge in [0.25, 0.3) is 0 Å². The van der Waals surface area contributed by atoms with Crippen LogP contribution in [0, 0.1) is 6.92 Å². The maximum absolute atomic E-state index is 12.6. The molecule has 2 rings (SSSR count). The van der Waals surface area contributed by atoms with Crippen LogP contribution in [0.25, 0.3) is 0 Å². The highest BCUT2D eigenvalue weighted by atomic mass is 16.2. The number of carbonyl (C=O) groups is 2. The lowest BCUT2D eigenvalue weighted by molar-refractivity contribution is -0.150. The van der Waals surface area contributed by atoms with Crippen molar-refractivity contribution >= 4 is 11.8 Å². The van der Waals surface area contributed by atoms with E-state index in [0.717, 1.165) is 17.8 Å². The molecule has 21 heavy (non-hydrogen) atoms. The standard InChI is InChI=1S/C15H24N4O2/c1-5-7-12-15(21)19(13(6-2)14(20)16-12)9-11-8-10(3)17-18(11)4/h8,12-13H,5-7,9H2,1-4H3,(H,16,20). The Morgan fingerprint density at radius 3 is 2.57 bits per heavy atom. The first-order valence-electron chi connectivity index (χ1n) is 7.58. The summed E-state index contributed by atoms with van der Waals surface area (Å²) in [7, 11) is 1.86. The van der Waals surface area contributed by atoms with Crippen molar-refractivity contribution in [3.05, 3.63) is 17.5 Å². The molecular formula is C15H24N4O2. The van der Waals surface area contributed by atoms with E-state index >= 15 is 0 Å². The van der Waals surface area contributed by atoms with Gasteiger partial charge in [0.2, 0.25) is 11.8 Å². The fourth-order valence-electron chi connectivity index (χ4n) is 2.89. The van der Waals surface area contributed by atoms with Crippen molar-refractivity contribution in [1.82, 2.24) is 20.0 Å². The second kappa shape index (κ2) is 6.28. The van der Waals surface area contributed by atoms with Crippen LogP contribution in [-0.4, -0.2) is 38.6 Å². The summed E-state index contributed by atoms with van der Waals surface area (Å²) in [5.74, 6) is -0.0309. The summed E-state index contributed by atoms with van der Waals surface area (Å²) in [6, 6.07) is 1.18. The molecule has 2 heterocycles. The molecule has 6 heteroatoms. The van der Waals surface area contributed by atoms with E-state index in [1.165, 1.54) is 0 Å². The molecule has 0 radical (unpaired) electrons. The zero-order valence-corrected chi connectivity index (χ0v) is 13.2. The van der Waals surface area contributed by atoms with E-state index in [1.54, 1.807) is 9.58 Å². The van der Waals surface area contributed by atoms with Crippen LogP contribution in [0.5, 0.6) is 0 Å². The van der Waals surface area contributed by atoms with Crippen molar-refractivity contribution in [2.45, 2.75) is 58.7 Å². The molecular weight excluding hydrogens is 268 g/mol. The van der Waals surface area contributed by atoms with E-state index < -0.39 is 0 Å². The zero-order chi connectivity index (χ0) is 15.6. The Labute approximate surface area is 125 Å². The maximum Gasteiger partial charge on any atom is 0.246 e. The van der Waals surface area contributed by atoms with Gasteiger partial charge in [0.15, 0.2) is 0 Å². The summed E-state index contributed by atoms with van der Waals surface area (Å²) in [6.45, 7) is 6.30. The molecule has 1 N–H and O–H groups in total. The monoisotopic (exact) mass is 292 g/mol. The van der Waals surface area contributed by atoms with Crippen molar-refractivity contribution in [3.63, 3.8) is 0 Å². The van der Waals surface area contributed by atoms with Crippen LogP contribution in [0.1, 0.15) is 44.5 Å². The first-order valence-corrected chi connectivity index (χ1v) is 7.58. The number of carbonyl (C=O) groups excluding carboxylic acids is 2. The molecule has 1 aliphatic rings. The highest BCUT2D eigenvalue weighted by Crippen LogP contribution is 2.19. The van der Waals surface area contributed by atoms with E-state index in [0.29, 0.717) is 19.4 Å². The molecule has 0 saturated carbocycles. The number of piperazine rings is 1. The Morgan fingerprint density at radius 2 is 2.05 bits per heavy atom. The maximum atomic E-state index is 12.6. The summed E-state index contributed by atoms with van der Waals surface area (Å²) in [5.41, 5.74) is 1.86. The van der Waals surface area contributed by atoms with E-state index in [9.17, 15) is 9.59 Å². The molecule has 0 spiro atoms. The molecule has 2 amide bonds. The van der Waals surface area contributed by atoms with Crippen molar-refractivity contribution in [3.8, 4) is 0 Å². The van der Waals surface area contributed by atoms with Gasteiger partial charge in [0, 0.05) is 7.05 Å². The second-order valence-electron chi connectivity index (χ2n) is 5.64. The molecule has 1 aromatic rings. The van der Waals surface area contributed by atoms with Gasteiger partial charge in [0.1, 0.15) is 12.1 Å². The van der Waals surface area contributed by atoms with Crippen molar-refractivity contribution < 1.29 is 9.59 Å². The van der Waals surface area contributed by atoms with Crippen LogP contribution in [0.2, 0.25) is 0 Å². The largest absolute Gasteiger partial charge is 0.343 e. The summed E-state index contributed by atoms with van der Waals surface area (Å²) in [5, 5.41) is 7.16. The average molecular weight is 292 g/mol. The molecule has 0 aromatic carbocycles. The highest BCUT2D eigenvalue weighted by molar-refractivity contribution is 5.96. The summed E-state index contributed by atoms with van der Waals surface area (Å²) in [4.78, 5) is 26.6. The van der Waals surface area contributed by atoms with E-state index in [4.69, 9.17) is 0 Å².